The van der Waals surface area contributed by atoms with Gasteiger partial charge in [-0.2, -0.15) is 0 Å². The molecule has 4 rings (SSSR count). The normalized spacial score (nSPS) is 16.7. The molecule has 1 aliphatic heterocycles. The van der Waals surface area contributed by atoms with Crippen molar-refractivity contribution < 1.29 is 9.53 Å². The molecule has 0 saturated carbocycles. The van der Waals surface area contributed by atoms with E-state index in [1.54, 1.807) is 11.6 Å². The molecule has 1 atom stereocenters. The van der Waals surface area contributed by atoms with E-state index < -0.39 is 0 Å². The van der Waals surface area contributed by atoms with Gasteiger partial charge >= 0.3 is 6.03 Å². The average Bonchev–Trinajstić information content (AvgIpc) is 3.33. The summed E-state index contributed by atoms with van der Waals surface area (Å²) in [5.41, 5.74) is 3.87. The number of aromatic nitrogens is 3. The van der Waals surface area contributed by atoms with Gasteiger partial charge in [0.2, 0.25) is 0 Å². The van der Waals surface area contributed by atoms with Crippen LogP contribution in [-0.2, 0) is 0 Å². The fourth-order valence-electron chi connectivity index (χ4n) is 3.75. The molecule has 146 valence electrons. The third-order valence-corrected chi connectivity index (χ3v) is 5.08. The number of nitrogens with one attached hydrogen (secondary N) is 1. The highest BCUT2D eigenvalue weighted by Crippen LogP contribution is 2.33. The number of pyridine rings is 1. The Morgan fingerprint density at radius 2 is 2.11 bits per heavy atom. The SMILES string of the molecule is COc1cccc(-c2ccc3c(C4CCCN4C(=O)NC(C)C)nnn3c2)c1. The molecule has 28 heavy (non-hydrogen) atoms. The maximum Gasteiger partial charge on any atom is 0.318 e. The Hall–Kier alpha value is -3.09. The summed E-state index contributed by atoms with van der Waals surface area (Å²) in [5.74, 6) is 0.814. The Labute approximate surface area is 164 Å². The monoisotopic (exact) mass is 379 g/mol. The van der Waals surface area contributed by atoms with Crippen LogP contribution in [0.2, 0.25) is 0 Å². The molecule has 7 nitrogen and oxygen atoms in total. The van der Waals surface area contributed by atoms with Gasteiger partial charge in [-0.05, 0) is 50.5 Å². The maximum absolute atomic E-state index is 12.5. The first-order valence-corrected chi connectivity index (χ1v) is 9.63. The highest BCUT2D eigenvalue weighted by Gasteiger charge is 2.33. The van der Waals surface area contributed by atoms with Gasteiger partial charge in [0, 0.05) is 24.3 Å². The lowest BCUT2D eigenvalue weighted by Gasteiger charge is -2.24. The van der Waals surface area contributed by atoms with Crippen molar-refractivity contribution in [2.45, 2.75) is 38.8 Å². The summed E-state index contributed by atoms with van der Waals surface area (Å²) in [5, 5.41) is 11.7. The number of hydrogen-bond acceptors (Lipinski definition) is 4. The molecule has 0 aliphatic carbocycles. The van der Waals surface area contributed by atoms with Crippen LogP contribution in [0.4, 0.5) is 4.79 Å². The number of methoxy groups -OCH3 is 1. The van der Waals surface area contributed by atoms with Crippen molar-refractivity contribution in [2.75, 3.05) is 13.7 Å². The number of likely N-dealkylation sites (tertiary alicyclic amines) is 1. The summed E-state index contributed by atoms with van der Waals surface area (Å²) in [7, 11) is 1.66. The molecule has 1 N–H and O–H groups in total. The zero-order chi connectivity index (χ0) is 19.7. The van der Waals surface area contributed by atoms with Gasteiger partial charge in [-0.15, -0.1) is 5.10 Å². The standard InChI is InChI=1S/C21H25N5O2/c1-14(2)22-21(27)25-11-5-8-18(25)20-19-10-9-16(13-26(19)24-23-20)15-6-4-7-17(12-15)28-3/h4,6-7,9-10,12-14,18H,5,8,11H2,1-3H3,(H,22,27). The minimum absolute atomic E-state index is 0.0355. The van der Waals surface area contributed by atoms with E-state index in [0.717, 1.165) is 47.5 Å². The van der Waals surface area contributed by atoms with Gasteiger partial charge in [-0.1, -0.05) is 23.4 Å². The molecule has 0 spiro atoms. The van der Waals surface area contributed by atoms with Gasteiger partial charge in [0.15, 0.2) is 0 Å². The number of carbonyl (C=O) groups excluding carboxylic acids is 1. The number of benzene rings is 1. The van der Waals surface area contributed by atoms with Gasteiger partial charge in [0.1, 0.15) is 11.4 Å². The zero-order valence-corrected chi connectivity index (χ0v) is 16.4. The molecule has 1 aliphatic rings. The molecule has 3 heterocycles. The smallest absolute Gasteiger partial charge is 0.318 e. The van der Waals surface area contributed by atoms with E-state index in [9.17, 15) is 4.79 Å². The van der Waals surface area contributed by atoms with Crippen LogP contribution in [0.3, 0.4) is 0 Å². The lowest BCUT2D eigenvalue weighted by atomic mass is 10.1. The lowest BCUT2D eigenvalue weighted by molar-refractivity contribution is 0.190. The highest BCUT2D eigenvalue weighted by atomic mass is 16.5. The first kappa shape index (κ1) is 18.3. The van der Waals surface area contributed by atoms with Crippen LogP contribution in [-0.4, -0.2) is 45.5 Å². The van der Waals surface area contributed by atoms with E-state index in [0.29, 0.717) is 0 Å². The molecule has 1 saturated heterocycles. The number of ether oxygens (including phenoxy) is 1. The first-order valence-electron chi connectivity index (χ1n) is 9.63. The van der Waals surface area contributed by atoms with Crippen LogP contribution >= 0.6 is 0 Å². The number of amides is 2. The van der Waals surface area contributed by atoms with E-state index in [2.05, 4.69) is 21.7 Å². The van der Waals surface area contributed by atoms with E-state index in [1.165, 1.54) is 0 Å². The Kier molecular flexibility index (Phi) is 4.90. The largest absolute Gasteiger partial charge is 0.497 e. The molecular weight excluding hydrogens is 354 g/mol. The van der Waals surface area contributed by atoms with Gasteiger partial charge in [-0.25, -0.2) is 9.31 Å². The van der Waals surface area contributed by atoms with Crippen LogP contribution in [0, 0.1) is 0 Å². The van der Waals surface area contributed by atoms with Crippen molar-refractivity contribution in [3.8, 4) is 16.9 Å². The van der Waals surface area contributed by atoms with Crippen LogP contribution < -0.4 is 10.1 Å². The summed E-state index contributed by atoms with van der Waals surface area (Å²) in [6.45, 7) is 4.68. The van der Waals surface area contributed by atoms with E-state index in [1.807, 2.05) is 55.3 Å². The molecule has 3 aromatic rings. The van der Waals surface area contributed by atoms with E-state index in [-0.39, 0.29) is 18.1 Å². The molecule has 2 amide bonds. The fourth-order valence-corrected chi connectivity index (χ4v) is 3.75. The molecule has 1 aromatic carbocycles. The number of rotatable bonds is 4. The third kappa shape index (κ3) is 3.40. The second-order valence-corrected chi connectivity index (χ2v) is 7.41. The minimum Gasteiger partial charge on any atom is -0.497 e. The number of urea groups is 1. The number of carbonyl (C=O) groups is 1. The summed E-state index contributed by atoms with van der Waals surface area (Å²) >= 11 is 0. The van der Waals surface area contributed by atoms with Crippen molar-refractivity contribution >= 4 is 11.5 Å². The second-order valence-electron chi connectivity index (χ2n) is 7.41. The first-order chi connectivity index (χ1) is 13.6. The Morgan fingerprint density at radius 1 is 1.25 bits per heavy atom. The van der Waals surface area contributed by atoms with E-state index >= 15 is 0 Å². The van der Waals surface area contributed by atoms with Crippen LogP contribution in [0.1, 0.15) is 38.4 Å². The number of hydrogen-bond donors (Lipinski definition) is 1. The summed E-state index contributed by atoms with van der Waals surface area (Å²) in [6.07, 6.45) is 3.84. The summed E-state index contributed by atoms with van der Waals surface area (Å²) in [4.78, 5) is 14.4. The highest BCUT2D eigenvalue weighted by molar-refractivity contribution is 5.76. The molecular formula is C21H25N5O2. The topological polar surface area (TPSA) is 71.8 Å². The lowest BCUT2D eigenvalue weighted by Crippen LogP contribution is -2.42. The van der Waals surface area contributed by atoms with Crippen LogP contribution in [0.15, 0.2) is 42.6 Å². The van der Waals surface area contributed by atoms with Crippen LogP contribution in [0.25, 0.3) is 16.6 Å². The van der Waals surface area contributed by atoms with Gasteiger partial charge in [0.25, 0.3) is 0 Å². The van der Waals surface area contributed by atoms with E-state index in [4.69, 9.17) is 4.74 Å². The molecule has 1 unspecified atom stereocenters. The Bertz CT molecular complexity index is 997. The van der Waals surface area contributed by atoms with Gasteiger partial charge < -0.3 is 15.0 Å². The van der Waals surface area contributed by atoms with Crippen molar-refractivity contribution in [1.29, 1.82) is 0 Å². The predicted octanol–water partition coefficient (Wildman–Crippen LogP) is 3.66. The number of fused-ring (bicyclic) bond motifs is 1. The predicted molar refractivity (Wildman–Crippen MR) is 107 cm³/mol. The zero-order valence-electron chi connectivity index (χ0n) is 16.4. The fraction of sp³-hybridized carbons (Fsp3) is 0.381. The van der Waals surface area contributed by atoms with Crippen molar-refractivity contribution in [2.24, 2.45) is 0 Å². The molecule has 7 heteroatoms. The minimum atomic E-state index is -0.0427. The van der Waals surface area contributed by atoms with Crippen molar-refractivity contribution in [3.05, 3.63) is 48.3 Å². The molecule has 0 bridgehead atoms. The average molecular weight is 379 g/mol. The molecule has 2 aromatic heterocycles. The van der Waals surface area contributed by atoms with Crippen molar-refractivity contribution in [3.63, 3.8) is 0 Å². The van der Waals surface area contributed by atoms with Gasteiger partial charge in [-0.3, -0.25) is 0 Å². The van der Waals surface area contributed by atoms with Gasteiger partial charge in [0.05, 0.1) is 18.7 Å². The summed E-state index contributed by atoms with van der Waals surface area (Å²) < 4.78 is 7.11. The number of nitrogens with zero attached hydrogens (tertiary/aromatic N) is 4. The van der Waals surface area contributed by atoms with Crippen LogP contribution in [0.5, 0.6) is 5.75 Å². The van der Waals surface area contributed by atoms with Crippen molar-refractivity contribution in [1.82, 2.24) is 25.0 Å². The summed E-state index contributed by atoms with van der Waals surface area (Å²) in [6, 6.07) is 12.0. The Balaban J connectivity index is 1.65. The molecule has 1 fully saturated rings. The quantitative estimate of drug-likeness (QED) is 0.751. The third-order valence-electron chi connectivity index (χ3n) is 5.08. The maximum atomic E-state index is 12.5. The Morgan fingerprint density at radius 3 is 2.89 bits per heavy atom. The second kappa shape index (κ2) is 7.50. The molecule has 0 radical (unpaired) electrons.